The summed E-state index contributed by atoms with van der Waals surface area (Å²) in [6, 6.07) is 14.2. The van der Waals surface area contributed by atoms with Gasteiger partial charge in [-0.05, 0) is 49.6 Å². The van der Waals surface area contributed by atoms with Crippen molar-refractivity contribution in [2.24, 2.45) is 5.73 Å². The summed E-state index contributed by atoms with van der Waals surface area (Å²) in [5.74, 6) is -0.389. The van der Waals surface area contributed by atoms with E-state index >= 15 is 0 Å². The fourth-order valence-electron chi connectivity index (χ4n) is 2.44. The summed E-state index contributed by atoms with van der Waals surface area (Å²) >= 11 is 0. The van der Waals surface area contributed by atoms with Gasteiger partial charge in [0.25, 0.3) is 0 Å². The Kier molecular flexibility index (Phi) is 4.76. The second-order valence-corrected chi connectivity index (χ2v) is 5.53. The highest BCUT2D eigenvalue weighted by atomic mass is 16.1. The highest BCUT2D eigenvalue weighted by Crippen LogP contribution is 2.19. The van der Waals surface area contributed by atoms with Crippen molar-refractivity contribution in [2.45, 2.75) is 33.4 Å². The molecule has 3 nitrogen and oxygen atoms in total. The zero-order valence-electron chi connectivity index (χ0n) is 12.8. The molecule has 0 fully saturated rings. The smallest absolute Gasteiger partial charge is 0.248 e. The third-order valence-corrected chi connectivity index (χ3v) is 3.73. The molecule has 0 heterocycles. The number of amides is 1. The van der Waals surface area contributed by atoms with E-state index < -0.39 is 0 Å². The van der Waals surface area contributed by atoms with Gasteiger partial charge in [-0.1, -0.05) is 35.9 Å². The summed E-state index contributed by atoms with van der Waals surface area (Å²) < 4.78 is 0. The van der Waals surface area contributed by atoms with Crippen molar-refractivity contribution in [1.82, 2.24) is 5.32 Å². The summed E-state index contributed by atoms with van der Waals surface area (Å²) in [7, 11) is 0. The predicted octanol–water partition coefficient (Wildman–Crippen LogP) is 3.25. The van der Waals surface area contributed by atoms with Gasteiger partial charge in [-0.3, -0.25) is 4.79 Å². The van der Waals surface area contributed by atoms with Crippen LogP contribution in [0.1, 0.15) is 45.6 Å². The Hall–Kier alpha value is -2.13. The molecule has 3 heteroatoms. The van der Waals surface area contributed by atoms with Crippen LogP contribution >= 0.6 is 0 Å². The number of carbonyl (C=O) groups is 1. The lowest BCUT2D eigenvalue weighted by atomic mass is 9.99. The highest BCUT2D eigenvalue weighted by Gasteiger charge is 2.09. The molecule has 2 rings (SSSR count). The van der Waals surface area contributed by atoms with Crippen LogP contribution in [-0.4, -0.2) is 5.91 Å². The van der Waals surface area contributed by atoms with Crippen LogP contribution in [0.5, 0.6) is 0 Å². The minimum atomic E-state index is -0.389. The maximum Gasteiger partial charge on any atom is 0.248 e. The van der Waals surface area contributed by atoms with E-state index in [1.54, 1.807) is 6.07 Å². The predicted molar refractivity (Wildman–Crippen MR) is 86.1 cm³/mol. The largest absolute Gasteiger partial charge is 0.366 e. The van der Waals surface area contributed by atoms with Crippen molar-refractivity contribution in [3.05, 3.63) is 70.3 Å². The summed E-state index contributed by atoms with van der Waals surface area (Å²) in [5, 5.41) is 3.50. The van der Waals surface area contributed by atoms with Crippen LogP contribution in [0.2, 0.25) is 0 Å². The first-order valence-electron chi connectivity index (χ1n) is 7.16. The molecule has 2 aromatic carbocycles. The van der Waals surface area contributed by atoms with Gasteiger partial charge in [-0.2, -0.15) is 0 Å². The molecular weight excluding hydrogens is 260 g/mol. The van der Waals surface area contributed by atoms with Crippen molar-refractivity contribution in [2.75, 3.05) is 0 Å². The van der Waals surface area contributed by atoms with Gasteiger partial charge >= 0.3 is 0 Å². The third-order valence-electron chi connectivity index (χ3n) is 3.73. The quantitative estimate of drug-likeness (QED) is 0.884. The molecule has 1 unspecified atom stereocenters. The molecule has 0 saturated carbocycles. The van der Waals surface area contributed by atoms with Crippen molar-refractivity contribution in [3.63, 3.8) is 0 Å². The molecule has 2 aromatic rings. The molecule has 1 atom stereocenters. The van der Waals surface area contributed by atoms with Gasteiger partial charge in [0.15, 0.2) is 0 Å². The fourth-order valence-corrected chi connectivity index (χ4v) is 2.44. The van der Waals surface area contributed by atoms with Crippen molar-refractivity contribution >= 4 is 5.91 Å². The lowest BCUT2D eigenvalue weighted by Crippen LogP contribution is -2.19. The molecule has 0 spiro atoms. The van der Waals surface area contributed by atoms with Crippen LogP contribution < -0.4 is 11.1 Å². The SMILES string of the molecule is Cc1ccc(C)c(C(C)NCc2cccc(C(N)=O)c2)c1. The summed E-state index contributed by atoms with van der Waals surface area (Å²) in [5.41, 5.74) is 10.8. The third kappa shape index (κ3) is 3.92. The molecule has 0 aliphatic rings. The van der Waals surface area contributed by atoms with Crippen molar-refractivity contribution in [1.29, 1.82) is 0 Å². The molecule has 1 amide bonds. The number of hydrogen-bond acceptors (Lipinski definition) is 2. The minimum Gasteiger partial charge on any atom is -0.366 e. The lowest BCUT2D eigenvalue weighted by molar-refractivity contribution is 0.1000. The van der Waals surface area contributed by atoms with Crippen molar-refractivity contribution in [3.8, 4) is 0 Å². The van der Waals surface area contributed by atoms with Crippen LogP contribution in [0, 0.1) is 13.8 Å². The Morgan fingerprint density at radius 3 is 2.67 bits per heavy atom. The number of benzene rings is 2. The molecule has 0 radical (unpaired) electrons. The number of hydrogen-bond donors (Lipinski definition) is 2. The molecule has 110 valence electrons. The van der Waals surface area contributed by atoms with E-state index in [1.165, 1.54) is 16.7 Å². The zero-order chi connectivity index (χ0) is 15.4. The van der Waals surface area contributed by atoms with Crippen molar-refractivity contribution < 1.29 is 4.79 Å². The van der Waals surface area contributed by atoms with Crippen LogP contribution in [-0.2, 0) is 6.54 Å². The summed E-state index contributed by atoms with van der Waals surface area (Å²) in [6.45, 7) is 7.09. The number of carbonyl (C=O) groups excluding carboxylic acids is 1. The Labute approximate surface area is 126 Å². The molecule has 0 aliphatic carbocycles. The topological polar surface area (TPSA) is 55.1 Å². The monoisotopic (exact) mass is 282 g/mol. The minimum absolute atomic E-state index is 0.252. The standard InChI is InChI=1S/C18H22N2O/c1-12-7-8-13(2)17(9-12)14(3)20-11-15-5-4-6-16(10-15)18(19)21/h4-10,14,20H,11H2,1-3H3,(H2,19,21). The molecular formula is C18H22N2O. The van der Waals surface area contributed by atoms with Gasteiger partial charge in [-0.25, -0.2) is 0 Å². The van der Waals surface area contributed by atoms with E-state index in [2.05, 4.69) is 44.3 Å². The maximum absolute atomic E-state index is 11.2. The molecule has 0 aliphatic heterocycles. The van der Waals surface area contributed by atoms with Gasteiger partial charge < -0.3 is 11.1 Å². The highest BCUT2D eigenvalue weighted by molar-refractivity contribution is 5.92. The Balaban J connectivity index is 2.07. The van der Waals surface area contributed by atoms with Crippen LogP contribution in [0.3, 0.4) is 0 Å². The van der Waals surface area contributed by atoms with E-state index in [1.807, 2.05) is 18.2 Å². The molecule has 0 bridgehead atoms. The van der Waals surface area contributed by atoms with E-state index in [4.69, 9.17) is 5.73 Å². The molecule has 0 saturated heterocycles. The second kappa shape index (κ2) is 6.55. The molecule has 3 N–H and O–H groups in total. The van der Waals surface area contributed by atoms with E-state index in [0.717, 1.165) is 5.56 Å². The van der Waals surface area contributed by atoms with Gasteiger partial charge in [0, 0.05) is 18.2 Å². The first kappa shape index (κ1) is 15.3. The summed E-state index contributed by atoms with van der Waals surface area (Å²) in [4.78, 5) is 11.2. The van der Waals surface area contributed by atoms with Gasteiger partial charge in [-0.15, -0.1) is 0 Å². The lowest BCUT2D eigenvalue weighted by Gasteiger charge is -2.17. The van der Waals surface area contributed by atoms with E-state index in [0.29, 0.717) is 12.1 Å². The average Bonchev–Trinajstić information content (AvgIpc) is 2.47. The Bertz CT molecular complexity index is 649. The number of primary amides is 1. The zero-order valence-corrected chi connectivity index (χ0v) is 12.8. The number of aryl methyl sites for hydroxylation is 2. The second-order valence-electron chi connectivity index (χ2n) is 5.53. The first-order chi connectivity index (χ1) is 9.97. The first-order valence-corrected chi connectivity index (χ1v) is 7.16. The van der Waals surface area contributed by atoms with Crippen LogP contribution in [0.15, 0.2) is 42.5 Å². The normalized spacial score (nSPS) is 12.1. The Morgan fingerprint density at radius 2 is 1.95 bits per heavy atom. The number of rotatable bonds is 5. The van der Waals surface area contributed by atoms with E-state index in [9.17, 15) is 4.79 Å². The van der Waals surface area contributed by atoms with Gasteiger partial charge in [0.2, 0.25) is 5.91 Å². The summed E-state index contributed by atoms with van der Waals surface area (Å²) in [6.07, 6.45) is 0. The molecule has 0 aromatic heterocycles. The fraction of sp³-hybridized carbons (Fsp3) is 0.278. The Morgan fingerprint density at radius 1 is 1.19 bits per heavy atom. The molecule has 21 heavy (non-hydrogen) atoms. The van der Waals surface area contributed by atoms with Crippen LogP contribution in [0.4, 0.5) is 0 Å². The van der Waals surface area contributed by atoms with Gasteiger partial charge in [0.05, 0.1) is 0 Å². The number of nitrogens with one attached hydrogen (secondary N) is 1. The van der Waals surface area contributed by atoms with Crippen LogP contribution in [0.25, 0.3) is 0 Å². The number of nitrogens with two attached hydrogens (primary N) is 1. The van der Waals surface area contributed by atoms with Gasteiger partial charge in [0.1, 0.15) is 0 Å². The maximum atomic E-state index is 11.2. The average molecular weight is 282 g/mol. The van der Waals surface area contributed by atoms with E-state index in [-0.39, 0.29) is 11.9 Å².